The first-order valence-corrected chi connectivity index (χ1v) is 4.92. The number of carboxylic acid groups (broad SMARTS) is 1. The summed E-state index contributed by atoms with van der Waals surface area (Å²) in [5.74, 6) is -2.95. The third-order valence-electron chi connectivity index (χ3n) is 1.76. The number of hydrogen-bond acceptors (Lipinski definition) is 3. The maximum Gasteiger partial charge on any atom is 0.406 e. The minimum atomic E-state index is -4.67. The van der Waals surface area contributed by atoms with Gasteiger partial charge in [0.2, 0.25) is 11.8 Å². The molecule has 0 aliphatic carbocycles. The number of nitrogens with one attached hydrogen (secondary N) is 1. The number of alkyl halides is 3. The molecule has 0 spiro atoms. The topological polar surface area (TPSA) is 86.7 Å². The van der Waals surface area contributed by atoms with Crippen molar-refractivity contribution in [3.63, 3.8) is 0 Å². The molecular formula is C9H13F3N2O4. The van der Waals surface area contributed by atoms with Gasteiger partial charge >= 0.3 is 12.1 Å². The Hall–Kier alpha value is -1.80. The van der Waals surface area contributed by atoms with Gasteiger partial charge in [-0.1, -0.05) is 0 Å². The molecular weight excluding hydrogens is 257 g/mol. The number of halogens is 3. The van der Waals surface area contributed by atoms with E-state index in [2.05, 4.69) is 5.32 Å². The van der Waals surface area contributed by atoms with Gasteiger partial charge in [0.1, 0.15) is 13.1 Å². The molecule has 6 nitrogen and oxygen atoms in total. The quantitative estimate of drug-likeness (QED) is 0.710. The highest BCUT2D eigenvalue weighted by molar-refractivity contribution is 5.82. The second-order valence-electron chi connectivity index (χ2n) is 3.49. The molecule has 2 N–H and O–H groups in total. The Morgan fingerprint density at radius 1 is 1.28 bits per heavy atom. The Morgan fingerprint density at radius 2 is 1.83 bits per heavy atom. The molecule has 0 rings (SSSR count). The van der Waals surface area contributed by atoms with Crippen molar-refractivity contribution in [1.29, 1.82) is 0 Å². The van der Waals surface area contributed by atoms with Crippen LogP contribution in [0.5, 0.6) is 0 Å². The number of carbonyl (C=O) groups excluding carboxylic acids is 2. The lowest BCUT2D eigenvalue weighted by Gasteiger charge is -2.22. The zero-order valence-electron chi connectivity index (χ0n) is 9.58. The zero-order valence-corrected chi connectivity index (χ0v) is 9.58. The number of amides is 2. The van der Waals surface area contributed by atoms with Crippen LogP contribution in [0.4, 0.5) is 13.2 Å². The number of carboxylic acids is 1. The van der Waals surface area contributed by atoms with Crippen molar-refractivity contribution in [1.82, 2.24) is 10.2 Å². The van der Waals surface area contributed by atoms with E-state index < -0.39 is 37.0 Å². The number of rotatable bonds is 6. The predicted octanol–water partition coefficient (Wildman–Crippen LogP) is -0.0119. The van der Waals surface area contributed by atoms with Gasteiger partial charge in [0.25, 0.3) is 0 Å². The molecule has 0 aromatic carbocycles. The lowest BCUT2D eigenvalue weighted by atomic mass is 10.3. The van der Waals surface area contributed by atoms with Gasteiger partial charge in [-0.2, -0.15) is 13.2 Å². The molecule has 0 heterocycles. The summed E-state index contributed by atoms with van der Waals surface area (Å²) in [5, 5.41) is 10.6. The van der Waals surface area contributed by atoms with Crippen LogP contribution in [0.2, 0.25) is 0 Å². The molecule has 0 fully saturated rings. The van der Waals surface area contributed by atoms with Gasteiger partial charge in [-0.25, -0.2) is 0 Å². The lowest BCUT2D eigenvalue weighted by molar-refractivity contribution is -0.165. The van der Waals surface area contributed by atoms with Gasteiger partial charge in [-0.05, 0) is 0 Å². The van der Waals surface area contributed by atoms with E-state index in [9.17, 15) is 27.6 Å². The molecule has 0 saturated heterocycles. The SMILES string of the molecule is CC(=O)NCCC(=O)N(CC(=O)O)CC(F)(F)F. The summed E-state index contributed by atoms with van der Waals surface area (Å²) in [4.78, 5) is 32.4. The summed E-state index contributed by atoms with van der Waals surface area (Å²) in [5.41, 5.74) is 0. The largest absolute Gasteiger partial charge is 0.480 e. The van der Waals surface area contributed by atoms with Crippen molar-refractivity contribution in [2.75, 3.05) is 19.6 Å². The monoisotopic (exact) mass is 270 g/mol. The third kappa shape index (κ3) is 8.36. The van der Waals surface area contributed by atoms with Gasteiger partial charge in [0.15, 0.2) is 0 Å². The molecule has 0 bridgehead atoms. The van der Waals surface area contributed by atoms with Crippen LogP contribution in [0.1, 0.15) is 13.3 Å². The lowest BCUT2D eigenvalue weighted by Crippen LogP contribution is -2.43. The fraction of sp³-hybridized carbons (Fsp3) is 0.667. The predicted molar refractivity (Wildman–Crippen MR) is 53.6 cm³/mol. The Bertz CT molecular complexity index is 330. The summed E-state index contributed by atoms with van der Waals surface area (Å²) in [6.45, 7) is -1.60. The molecule has 0 aliphatic heterocycles. The van der Waals surface area contributed by atoms with Crippen molar-refractivity contribution < 1.29 is 32.7 Å². The van der Waals surface area contributed by atoms with Crippen molar-refractivity contribution in [2.24, 2.45) is 0 Å². The first-order chi connectivity index (χ1) is 8.11. The van der Waals surface area contributed by atoms with E-state index in [-0.39, 0.29) is 17.9 Å². The Labute approximate surface area is 101 Å². The molecule has 2 amide bonds. The van der Waals surface area contributed by atoms with Crippen molar-refractivity contribution >= 4 is 17.8 Å². The maximum absolute atomic E-state index is 12.1. The molecule has 0 saturated carbocycles. The van der Waals surface area contributed by atoms with E-state index >= 15 is 0 Å². The number of nitrogens with zero attached hydrogens (tertiary/aromatic N) is 1. The zero-order chi connectivity index (χ0) is 14.3. The standard InChI is InChI=1S/C9H13F3N2O4/c1-6(15)13-3-2-7(16)14(4-8(17)18)5-9(10,11)12/h2-5H2,1H3,(H,13,15)(H,17,18). The summed E-state index contributed by atoms with van der Waals surface area (Å²) >= 11 is 0. The summed E-state index contributed by atoms with van der Waals surface area (Å²) in [7, 11) is 0. The number of aliphatic carboxylic acids is 1. The van der Waals surface area contributed by atoms with E-state index in [4.69, 9.17) is 5.11 Å². The number of hydrogen-bond donors (Lipinski definition) is 2. The Morgan fingerprint density at radius 3 is 2.22 bits per heavy atom. The van der Waals surface area contributed by atoms with Crippen LogP contribution in [-0.4, -0.2) is 53.6 Å². The van der Waals surface area contributed by atoms with Crippen LogP contribution in [-0.2, 0) is 14.4 Å². The fourth-order valence-corrected chi connectivity index (χ4v) is 1.12. The maximum atomic E-state index is 12.1. The van der Waals surface area contributed by atoms with Gasteiger partial charge in [-0.15, -0.1) is 0 Å². The van der Waals surface area contributed by atoms with Crippen LogP contribution in [0, 0.1) is 0 Å². The van der Waals surface area contributed by atoms with Crippen LogP contribution in [0.3, 0.4) is 0 Å². The third-order valence-corrected chi connectivity index (χ3v) is 1.76. The highest BCUT2D eigenvalue weighted by Crippen LogP contribution is 2.16. The van der Waals surface area contributed by atoms with Crippen LogP contribution < -0.4 is 5.32 Å². The molecule has 0 unspecified atom stereocenters. The molecule has 9 heteroatoms. The van der Waals surface area contributed by atoms with E-state index in [1.165, 1.54) is 6.92 Å². The average Bonchev–Trinajstić information content (AvgIpc) is 2.12. The number of carbonyl (C=O) groups is 3. The summed E-state index contributed by atoms with van der Waals surface area (Å²) in [6.07, 6.45) is -5.05. The smallest absolute Gasteiger partial charge is 0.406 e. The summed E-state index contributed by atoms with van der Waals surface area (Å²) < 4.78 is 36.3. The minimum absolute atomic E-state index is 0.137. The van der Waals surface area contributed by atoms with Gasteiger partial charge in [0.05, 0.1) is 0 Å². The van der Waals surface area contributed by atoms with E-state index in [0.717, 1.165) is 0 Å². The van der Waals surface area contributed by atoms with Crippen LogP contribution in [0.25, 0.3) is 0 Å². The summed E-state index contributed by atoms with van der Waals surface area (Å²) in [6, 6.07) is 0. The normalized spacial score (nSPS) is 10.9. The molecule has 0 atom stereocenters. The molecule has 0 radical (unpaired) electrons. The van der Waals surface area contributed by atoms with Crippen molar-refractivity contribution in [2.45, 2.75) is 19.5 Å². The average molecular weight is 270 g/mol. The molecule has 104 valence electrons. The Balaban J connectivity index is 4.40. The highest BCUT2D eigenvalue weighted by atomic mass is 19.4. The van der Waals surface area contributed by atoms with Crippen LogP contribution >= 0.6 is 0 Å². The van der Waals surface area contributed by atoms with E-state index in [1.807, 2.05) is 0 Å². The van der Waals surface area contributed by atoms with Gasteiger partial charge < -0.3 is 15.3 Å². The highest BCUT2D eigenvalue weighted by Gasteiger charge is 2.33. The second kappa shape index (κ2) is 6.82. The van der Waals surface area contributed by atoms with E-state index in [1.54, 1.807) is 0 Å². The van der Waals surface area contributed by atoms with E-state index in [0.29, 0.717) is 0 Å². The Kier molecular flexibility index (Phi) is 6.14. The molecule has 0 aromatic rings. The van der Waals surface area contributed by atoms with Crippen LogP contribution in [0.15, 0.2) is 0 Å². The fourth-order valence-electron chi connectivity index (χ4n) is 1.12. The first kappa shape index (κ1) is 16.2. The first-order valence-electron chi connectivity index (χ1n) is 4.92. The van der Waals surface area contributed by atoms with Crippen molar-refractivity contribution in [3.8, 4) is 0 Å². The molecule has 18 heavy (non-hydrogen) atoms. The van der Waals surface area contributed by atoms with Gasteiger partial charge in [0, 0.05) is 19.9 Å². The van der Waals surface area contributed by atoms with Crippen molar-refractivity contribution in [3.05, 3.63) is 0 Å². The van der Waals surface area contributed by atoms with Gasteiger partial charge in [-0.3, -0.25) is 14.4 Å². The second-order valence-corrected chi connectivity index (χ2v) is 3.49. The minimum Gasteiger partial charge on any atom is -0.480 e. The molecule has 0 aliphatic rings. The molecule has 0 aromatic heterocycles.